The molecule has 0 amide bonds. The van der Waals surface area contributed by atoms with Crippen LogP contribution in [0.2, 0.25) is 0 Å². The first-order valence-corrected chi connectivity index (χ1v) is 6.62. The largest absolute Gasteiger partial charge is 0.381 e. The molecular weight excluding hydrogens is 194 g/mol. The molecule has 1 N–H and O–H groups in total. The Morgan fingerprint density at radius 2 is 2.21 bits per heavy atom. The van der Waals surface area contributed by atoms with E-state index in [1.165, 1.54) is 17.9 Å². The van der Waals surface area contributed by atoms with Crippen LogP contribution in [0.5, 0.6) is 0 Å². The second-order valence-corrected chi connectivity index (χ2v) is 5.88. The molecule has 1 fully saturated rings. The van der Waals surface area contributed by atoms with E-state index in [-0.39, 0.29) is 0 Å². The third-order valence-corrected chi connectivity index (χ3v) is 4.20. The van der Waals surface area contributed by atoms with Gasteiger partial charge in [-0.2, -0.15) is 11.8 Å². The third kappa shape index (κ3) is 2.65. The van der Waals surface area contributed by atoms with Gasteiger partial charge in [0.25, 0.3) is 0 Å². The average Bonchev–Trinajstić information content (AvgIpc) is 2.15. The molecule has 2 atom stereocenters. The van der Waals surface area contributed by atoms with Crippen LogP contribution in [0.3, 0.4) is 0 Å². The van der Waals surface area contributed by atoms with E-state index < -0.39 is 0 Å². The molecule has 0 aromatic carbocycles. The number of hydrogen-bond acceptors (Lipinski definition) is 3. The molecule has 14 heavy (non-hydrogen) atoms. The van der Waals surface area contributed by atoms with E-state index >= 15 is 0 Å². The van der Waals surface area contributed by atoms with Crippen LogP contribution in [0, 0.1) is 5.41 Å². The SMILES string of the molecule is CCSCCNC1CC(OC)C1(C)C. The lowest BCUT2D eigenvalue weighted by Crippen LogP contribution is -2.60. The Morgan fingerprint density at radius 3 is 2.71 bits per heavy atom. The predicted molar refractivity (Wildman–Crippen MR) is 64.0 cm³/mol. The molecule has 1 aliphatic carbocycles. The summed E-state index contributed by atoms with van der Waals surface area (Å²) in [5.41, 5.74) is 0.311. The van der Waals surface area contributed by atoms with Gasteiger partial charge in [0.1, 0.15) is 0 Å². The van der Waals surface area contributed by atoms with E-state index in [0.717, 1.165) is 6.54 Å². The van der Waals surface area contributed by atoms with E-state index in [9.17, 15) is 0 Å². The van der Waals surface area contributed by atoms with E-state index in [1.807, 2.05) is 18.9 Å². The van der Waals surface area contributed by atoms with Crippen molar-refractivity contribution in [2.24, 2.45) is 5.41 Å². The molecule has 1 rings (SSSR count). The minimum absolute atomic E-state index is 0.311. The highest BCUT2D eigenvalue weighted by molar-refractivity contribution is 7.99. The molecule has 0 spiro atoms. The van der Waals surface area contributed by atoms with Crippen molar-refractivity contribution in [3.8, 4) is 0 Å². The first-order chi connectivity index (χ1) is 6.62. The van der Waals surface area contributed by atoms with Gasteiger partial charge in [-0.1, -0.05) is 20.8 Å². The molecule has 0 radical (unpaired) electrons. The molecule has 0 aromatic heterocycles. The number of ether oxygens (including phenoxy) is 1. The number of nitrogens with one attached hydrogen (secondary N) is 1. The van der Waals surface area contributed by atoms with Crippen molar-refractivity contribution < 1.29 is 4.74 Å². The number of thioether (sulfide) groups is 1. The quantitative estimate of drug-likeness (QED) is 0.689. The van der Waals surface area contributed by atoms with Crippen molar-refractivity contribution in [2.45, 2.75) is 39.3 Å². The van der Waals surface area contributed by atoms with E-state index in [1.54, 1.807) is 0 Å². The second kappa shape index (κ2) is 5.38. The zero-order valence-corrected chi connectivity index (χ0v) is 10.6. The molecule has 2 nitrogen and oxygen atoms in total. The Kier molecular flexibility index (Phi) is 4.74. The normalized spacial score (nSPS) is 30.0. The van der Waals surface area contributed by atoms with Crippen LogP contribution in [0.1, 0.15) is 27.2 Å². The van der Waals surface area contributed by atoms with Gasteiger partial charge in [0.05, 0.1) is 6.10 Å². The van der Waals surface area contributed by atoms with Gasteiger partial charge in [0.2, 0.25) is 0 Å². The van der Waals surface area contributed by atoms with Gasteiger partial charge in [0.15, 0.2) is 0 Å². The standard InChI is InChI=1S/C11H23NOS/c1-5-14-7-6-12-9-8-10(13-4)11(9,2)3/h9-10,12H,5-8H2,1-4H3. The Bertz CT molecular complexity index is 173. The summed E-state index contributed by atoms with van der Waals surface area (Å²) in [5.74, 6) is 2.44. The summed E-state index contributed by atoms with van der Waals surface area (Å²) in [6, 6.07) is 0.643. The van der Waals surface area contributed by atoms with Crippen molar-refractivity contribution in [1.29, 1.82) is 0 Å². The van der Waals surface area contributed by atoms with Crippen molar-refractivity contribution in [3.05, 3.63) is 0 Å². The van der Waals surface area contributed by atoms with Crippen molar-refractivity contribution in [2.75, 3.05) is 25.2 Å². The highest BCUT2D eigenvalue weighted by atomic mass is 32.2. The summed E-state index contributed by atoms with van der Waals surface area (Å²) in [4.78, 5) is 0. The van der Waals surface area contributed by atoms with Crippen molar-refractivity contribution in [3.63, 3.8) is 0 Å². The average molecular weight is 217 g/mol. The predicted octanol–water partition coefficient (Wildman–Crippen LogP) is 2.14. The van der Waals surface area contributed by atoms with Gasteiger partial charge in [0, 0.05) is 30.9 Å². The Labute approximate surface area is 92.2 Å². The zero-order valence-electron chi connectivity index (χ0n) is 9.80. The topological polar surface area (TPSA) is 21.3 Å². The zero-order chi connectivity index (χ0) is 10.6. The monoisotopic (exact) mass is 217 g/mol. The molecule has 84 valence electrons. The summed E-state index contributed by atoms with van der Waals surface area (Å²) in [6.07, 6.45) is 1.61. The number of hydrogen-bond donors (Lipinski definition) is 1. The highest BCUT2D eigenvalue weighted by Crippen LogP contribution is 2.42. The Morgan fingerprint density at radius 1 is 1.50 bits per heavy atom. The smallest absolute Gasteiger partial charge is 0.0652 e. The van der Waals surface area contributed by atoms with Crippen molar-refractivity contribution in [1.82, 2.24) is 5.32 Å². The van der Waals surface area contributed by atoms with Gasteiger partial charge in [-0.25, -0.2) is 0 Å². The first kappa shape index (κ1) is 12.3. The molecule has 0 saturated heterocycles. The number of rotatable bonds is 6. The van der Waals surface area contributed by atoms with Gasteiger partial charge < -0.3 is 10.1 Å². The minimum atomic E-state index is 0.311. The van der Waals surface area contributed by atoms with E-state index in [0.29, 0.717) is 17.6 Å². The third-order valence-electron chi connectivity index (χ3n) is 3.30. The fourth-order valence-corrected chi connectivity index (χ4v) is 2.63. The van der Waals surface area contributed by atoms with Gasteiger partial charge in [-0.3, -0.25) is 0 Å². The lowest BCUT2D eigenvalue weighted by atomic mass is 9.64. The summed E-state index contributed by atoms with van der Waals surface area (Å²) in [6.45, 7) is 7.91. The molecular formula is C11H23NOS. The molecule has 1 saturated carbocycles. The highest BCUT2D eigenvalue weighted by Gasteiger charge is 2.47. The Hall–Kier alpha value is 0.270. The van der Waals surface area contributed by atoms with Crippen LogP contribution in [0.25, 0.3) is 0 Å². The maximum absolute atomic E-state index is 5.41. The molecule has 0 aliphatic heterocycles. The maximum Gasteiger partial charge on any atom is 0.0652 e. The van der Waals surface area contributed by atoms with Gasteiger partial charge in [-0.15, -0.1) is 0 Å². The first-order valence-electron chi connectivity index (χ1n) is 5.46. The minimum Gasteiger partial charge on any atom is -0.381 e. The fourth-order valence-electron chi connectivity index (χ4n) is 2.08. The molecule has 3 heteroatoms. The lowest BCUT2D eigenvalue weighted by molar-refractivity contribution is -0.0967. The summed E-state index contributed by atoms with van der Waals surface area (Å²) in [5, 5.41) is 3.61. The molecule has 0 heterocycles. The Balaban J connectivity index is 2.15. The summed E-state index contributed by atoms with van der Waals surface area (Å²) >= 11 is 2.00. The van der Waals surface area contributed by atoms with E-state index in [4.69, 9.17) is 4.74 Å². The number of methoxy groups -OCH3 is 1. The van der Waals surface area contributed by atoms with Gasteiger partial charge in [-0.05, 0) is 12.2 Å². The van der Waals surface area contributed by atoms with Gasteiger partial charge >= 0.3 is 0 Å². The van der Waals surface area contributed by atoms with Crippen molar-refractivity contribution >= 4 is 11.8 Å². The summed E-state index contributed by atoms with van der Waals surface area (Å²) in [7, 11) is 1.82. The molecule has 0 aromatic rings. The molecule has 1 aliphatic rings. The van der Waals surface area contributed by atoms with Crippen LogP contribution < -0.4 is 5.32 Å². The van der Waals surface area contributed by atoms with Crippen LogP contribution in [-0.4, -0.2) is 37.3 Å². The summed E-state index contributed by atoms with van der Waals surface area (Å²) < 4.78 is 5.41. The molecule has 0 bridgehead atoms. The maximum atomic E-state index is 5.41. The van der Waals surface area contributed by atoms with E-state index in [2.05, 4.69) is 26.1 Å². The second-order valence-electron chi connectivity index (χ2n) is 4.49. The fraction of sp³-hybridized carbons (Fsp3) is 1.00. The lowest BCUT2D eigenvalue weighted by Gasteiger charge is -2.51. The van der Waals surface area contributed by atoms with Crippen LogP contribution in [0.15, 0.2) is 0 Å². The van der Waals surface area contributed by atoms with Crippen LogP contribution >= 0.6 is 11.8 Å². The van der Waals surface area contributed by atoms with Crippen LogP contribution in [0.4, 0.5) is 0 Å². The van der Waals surface area contributed by atoms with Crippen LogP contribution in [-0.2, 0) is 4.74 Å². The molecule has 2 unspecified atom stereocenters.